The molecule has 1 aliphatic rings. The number of hydrogen-bond donors (Lipinski definition) is 0. The Morgan fingerprint density at radius 3 is 2.48 bits per heavy atom. The van der Waals surface area contributed by atoms with Crippen LogP contribution < -0.4 is 0 Å². The number of carbonyl (C=O) groups is 1. The highest BCUT2D eigenvalue weighted by molar-refractivity contribution is 5.90. The molecular weight excluding hydrogens is 290 g/mol. The molecule has 1 aromatic carbocycles. The Morgan fingerprint density at radius 1 is 1.13 bits per heavy atom. The normalized spacial score (nSPS) is 15.9. The number of para-hydroxylation sites is 1. The van der Waals surface area contributed by atoms with Crippen molar-refractivity contribution in [2.45, 2.75) is 20.8 Å². The molecule has 6 heteroatoms. The minimum atomic E-state index is -0.0730. The van der Waals surface area contributed by atoms with Crippen LogP contribution >= 0.6 is 0 Å². The Hall–Kier alpha value is -2.21. The molecule has 0 saturated carbocycles. The van der Waals surface area contributed by atoms with Crippen molar-refractivity contribution in [1.29, 1.82) is 0 Å². The Labute approximate surface area is 136 Å². The molecule has 0 radical (unpaired) electrons. The number of amides is 1. The Kier molecular flexibility index (Phi) is 4.43. The Balaban J connectivity index is 1.81. The second kappa shape index (κ2) is 6.50. The third-order valence-electron chi connectivity index (χ3n) is 4.41. The summed E-state index contributed by atoms with van der Waals surface area (Å²) in [5.74, 6) is 0.946. The first-order chi connectivity index (χ1) is 11.1. The number of aryl methyl sites for hydroxylation is 2. The van der Waals surface area contributed by atoms with Crippen molar-refractivity contribution >= 4 is 5.91 Å². The first-order valence-electron chi connectivity index (χ1n) is 8.11. The standard InChI is InChI=1S/C17H23N5O/c1-4-20-9-11-21(12-10-20)17(23)16-18-14(3)22(19-16)15-8-6-5-7-13(15)2/h5-8H,4,9-12H2,1-3H3. The number of hydrogen-bond acceptors (Lipinski definition) is 4. The molecule has 6 nitrogen and oxygen atoms in total. The van der Waals surface area contributed by atoms with Crippen molar-refractivity contribution < 1.29 is 4.79 Å². The van der Waals surface area contributed by atoms with Gasteiger partial charge in [0.15, 0.2) is 0 Å². The lowest BCUT2D eigenvalue weighted by atomic mass is 10.2. The fourth-order valence-electron chi connectivity index (χ4n) is 2.92. The number of rotatable bonds is 3. The van der Waals surface area contributed by atoms with E-state index in [1.165, 1.54) is 0 Å². The van der Waals surface area contributed by atoms with Crippen LogP contribution in [0.25, 0.3) is 5.69 Å². The lowest BCUT2D eigenvalue weighted by Crippen LogP contribution is -2.48. The zero-order chi connectivity index (χ0) is 16.4. The largest absolute Gasteiger partial charge is 0.333 e. The summed E-state index contributed by atoms with van der Waals surface area (Å²) in [7, 11) is 0. The molecule has 0 unspecified atom stereocenters. The molecule has 1 aliphatic heterocycles. The van der Waals surface area contributed by atoms with Crippen molar-refractivity contribution in [3.8, 4) is 5.69 Å². The van der Waals surface area contributed by atoms with Gasteiger partial charge < -0.3 is 9.80 Å². The fraction of sp³-hybridized carbons (Fsp3) is 0.471. The van der Waals surface area contributed by atoms with Crippen molar-refractivity contribution in [1.82, 2.24) is 24.6 Å². The second-order valence-corrected chi connectivity index (χ2v) is 5.91. The van der Waals surface area contributed by atoms with Gasteiger partial charge in [0, 0.05) is 26.2 Å². The Morgan fingerprint density at radius 2 is 1.83 bits per heavy atom. The van der Waals surface area contributed by atoms with E-state index < -0.39 is 0 Å². The molecule has 0 atom stereocenters. The molecule has 122 valence electrons. The summed E-state index contributed by atoms with van der Waals surface area (Å²) < 4.78 is 1.75. The summed E-state index contributed by atoms with van der Waals surface area (Å²) in [6.07, 6.45) is 0. The van der Waals surface area contributed by atoms with Crippen molar-refractivity contribution in [3.05, 3.63) is 41.5 Å². The predicted molar refractivity (Wildman–Crippen MR) is 88.9 cm³/mol. The highest BCUT2D eigenvalue weighted by Crippen LogP contribution is 2.15. The van der Waals surface area contributed by atoms with Crippen LogP contribution in [0.3, 0.4) is 0 Å². The van der Waals surface area contributed by atoms with E-state index in [0.717, 1.165) is 49.8 Å². The highest BCUT2D eigenvalue weighted by Gasteiger charge is 2.25. The SMILES string of the molecule is CCN1CCN(C(=O)c2nc(C)n(-c3ccccc3C)n2)CC1. The monoisotopic (exact) mass is 313 g/mol. The van der Waals surface area contributed by atoms with Crippen LogP contribution in [-0.4, -0.2) is 63.2 Å². The van der Waals surface area contributed by atoms with Gasteiger partial charge in [0.05, 0.1) is 5.69 Å². The van der Waals surface area contributed by atoms with Gasteiger partial charge in [-0.2, -0.15) is 0 Å². The third-order valence-corrected chi connectivity index (χ3v) is 4.41. The average molecular weight is 313 g/mol. The summed E-state index contributed by atoms with van der Waals surface area (Å²) in [6, 6.07) is 7.98. The zero-order valence-corrected chi connectivity index (χ0v) is 14.0. The first kappa shape index (κ1) is 15.7. The maximum Gasteiger partial charge on any atom is 0.293 e. The number of nitrogens with zero attached hydrogens (tertiary/aromatic N) is 5. The minimum absolute atomic E-state index is 0.0730. The quantitative estimate of drug-likeness (QED) is 0.865. The molecule has 0 spiro atoms. The van der Waals surface area contributed by atoms with E-state index in [2.05, 4.69) is 21.9 Å². The van der Waals surface area contributed by atoms with E-state index in [0.29, 0.717) is 0 Å². The molecule has 1 fully saturated rings. The van der Waals surface area contributed by atoms with E-state index in [1.807, 2.05) is 43.0 Å². The molecule has 1 amide bonds. The number of likely N-dealkylation sites (N-methyl/N-ethyl adjacent to an activating group) is 1. The molecule has 1 saturated heterocycles. The van der Waals surface area contributed by atoms with Gasteiger partial charge in [0.2, 0.25) is 5.82 Å². The summed E-state index contributed by atoms with van der Waals surface area (Å²) >= 11 is 0. The van der Waals surface area contributed by atoms with Crippen molar-refractivity contribution in [2.75, 3.05) is 32.7 Å². The first-order valence-corrected chi connectivity index (χ1v) is 8.11. The van der Waals surface area contributed by atoms with Crippen molar-refractivity contribution in [2.24, 2.45) is 0 Å². The maximum atomic E-state index is 12.6. The number of piperazine rings is 1. The summed E-state index contributed by atoms with van der Waals surface area (Å²) in [5, 5.41) is 4.46. The van der Waals surface area contributed by atoms with Crippen LogP contribution in [0.2, 0.25) is 0 Å². The number of benzene rings is 1. The van der Waals surface area contributed by atoms with E-state index in [9.17, 15) is 4.79 Å². The smallest absolute Gasteiger partial charge is 0.293 e. The zero-order valence-electron chi connectivity index (χ0n) is 14.0. The topological polar surface area (TPSA) is 54.3 Å². The summed E-state index contributed by atoms with van der Waals surface area (Å²) in [6.45, 7) is 10.4. The molecule has 2 heterocycles. The van der Waals surface area contributed by atoms with Crippen molar-refractivity contribution in [3.63, 3.8) is 0 Å². The van der Waals surface area contributed by atoms with Gasteiger partial charge in [-0.1, -0.05) is 25.1 Å². The van der Waals surface area contributed by atoms with Gasteiger partial charge in [-0.25, -0.2) is 9.67 Å². The minimum Gasteiger partial charge on any atom is -0.333 e. The van der Waals surface area contributed by atoms with E-state index in [-0.39, 0.29) is 11.7 Å². The molecule has 0 N–H and O–H groups in total. The molecule has 23 heavy (non-hydrogen) atoms. The Bertz CT molecular complexity index is 701. The van der Waals surface area contributed by atoms with Gasteiger partial charge >= 0.3 is 0 Å². The fourth-order valence-corrected chi connectivity index (χ4v) is 2.92. The van der Waals surface area contributed by atoms with Gasteiger partial charge in [0.25, 0.3) is 5.91 Å². The van der Waals surface area contributed by atoms with Crippen LogP contribution in [0.15, 0.2) is 24.3 Å². The lowest BCUT2D eigenvalue weighted by Gasteiger charge is -2.33. The molecule has 2 aromatic rings. The van der Waals surface area contributed by atoms with Gasteiger partial charge in [-0.05, 0) is 32.0 Å². The van der Waals surface area contributed by atoms with E-state index in [4.69, 9.17) is 0 Å². The van der Waals surface area contributed by atoms with Gasteiger partial charge in [0.1, 0.15) is 5.82 Å². The lowest BCUT2D eigenvalue weighted by molar-refractivity contribution is 0.0631. The highest BCUT2D eigenvalue weighted by atomic mass is 16.2. The summed E-state index contributed by atoms with van der Waals surface area (Å²) in [4.78, 5) is 21.2. The number of carbonyl (C=O) groups excluding carboxylic acids is 1. The van der Waals surface area contributed by atoms with E-state index >= 15 is 0 Å². The summed E-state index contributed by atoms with van der Waals surface area (Å²) in [5.41, 5.74) is 2.07. The van der Waals surface area contributed by atoms with Crippen LogP contribution in [0.5, 0.6) is 0 Å². The number of aromatic nitrogens is 3. The molecular formula is C17H23N5O. The maximum absolute atomic E-state index is 12.6. The molecule has 0 bridgehead atoms. The molecule has 1 aromatic heterocycles. The van der Waals surface area contributed by atoms with Gasteiger partial charge in [-0.3, -0.25) is 4.79 Å². The van der Waals surface area contributed by atoms with Crippen LogP contribution in [0.4, 0.5) is 0 Å². The predicted octanol–water partition coefficient (Wildman–Crippen LogP) is 1.66. The van der Waals surface area contributed by atoms with Crippen LogP contribution in [0, 0.1) is 13.8 Å². The van der Waals surface area contributed by atoms with E-state index in [1.54, 1.807) is 4.68 Å². The average Bonchev–Trinajstić information content (AvgIpc) is 2.96. The third kappa shape index (κ3) is 3.12. The molecule has 3 rings (SSSR count). The van der Waals surface area contributed by atoms with Gasteiger partial charge in [-0.15, -0.1) is 5.10 Å². The van der Waals surface area contributed by atoms with Crippen LogP contribution in [0.1, 0.15) is 28.9 Å². The van der Waals surface area contributed by atoms with Crippen LogP contribution in [-0.2, 0) is 0 Å². The molecule has 0 aliphatic carbocycles. The second-order valence-electron chi connectivity index (χ2n) is 5.91.